The van der Waals surface area contributed by atoms with Crippen LogP contribution in [0.25, 0.3) is 0 Å². The van der Waals surface area contributed by atoms with E-state index in [1.165, 1.54) is 12.6 Å². The molecule has 2 heterocycles. The number of nitrogens with one attached hydrogen (secondary N) is 1. The van der Waals surface area contributed by atoms with E-state index in [1.54, 1.807) is 4.68 Å². The van der Waals surface area contributed by atoms with Crippen LogP contribution in [0.5, 0.6) is 0 Å². The average molecular weight is 196 g/mol. The Hall–Kier alpha value is -1.43. The van der Waals surface area contributed by atoms with Crippen LogP contribution in [-0.4, -0.2) is 38.7 Å². The number of nitrogens with zero attached hydrogens (tertiary/aromatic N) is 3. The summed E-state index contributed by atoms with van der Waals surface area (Å²) in [5, 5.41) is 19.2. The first-order chi connectivity index (χ1) is 6.75. The Morgan fingerprint density at radius 1 is 1.79 bits per heavy atom. The maximum Gasteiger partial charge on any atom is 0.358 e. The minimum absolute atomic E-state index is 0.00277. The predicted octanol–water partition coefficient (Wildman–Crippen LogP) is -0.272. The molecule has 1 aromatic heterocycles. The van der Waals surface area contributed by atoms with E-state index >= 15 is 0 Å². The van der Waals surface area contributed by atoms with Crippen molar-refractivity contribution in [3.8, 4) is 0 Å². The molecule has 6 heteroatoms. The smallest absolute Gasteiger partial charge is 0.358 e. The zero-order chi connectivity index (χ0) is 9.97. The molecule has 0 radical (unpaired) electrons. The van der Waals surface area contributed by atoms with Gasteiger partial charge in [-0.05, 0) is 19.4 Å². The SMILES string of the molecule is O=C(O)c1cn(C[C@@H]2CCCN2)nn1. The van der Waals surface area contributed by atoms with Gasteiger partial charge >= 0.3 is 5.97 Å². The van der Waals surface area contributed by atoms with Crippen molar-refractivity contribution in [2.45, 2.75) is 25.4 Å². The number of carboxylic acid groups (broad SMARTS) is 1. The molecule has 6 nitrogen and oxygen atoms in total. The van der Waals surface area contributed by atoms with Gasteiger partial charge < -0.3 is 10.4 Å². The molecule has 0 spiro atoms. The quantitative estimate of drug-likeness (QED) is 0.695. The van der Waals surface area contributed by atoms with Gasteiger partial charge in [0.25, 0.3) is 0 Å². The Labute approximate surface area is 80.9 Å². The molecule has 14 heavy (non-hydrogen) atoms. The maximum atomic E-state index is 10.5. The Morgan fingerprint density at radius 3 is 3.21 bits per heavy atom. The number of carbonyl (C=O) groups is 1. The summed E-state index contributed by atoms with van der Waals surface area (Å²) in [6.07, 6.45) is 3.75. The van der Waals surface area contributed by atoms with Gasteiger partial charge in [0.15, 0.2) is 5.69 Å². The van der Waals surface area contributed by atoms with Crippen molar-refractivity contribution in [1.29, 1.82) is 0 Å². The molecule has 0 amide bonds. The average Bonchev–Trinajstić information content (AvgIpc) is 2.75. The van der Waals surface area contributed by atoms with Gasteiger partial charge in [-0.15, -0.1) is 5.10 Å². The van der Waals surface area contributed by atoms with Crippen LogP contribution >= 0.6 is 0 Å². The highest BCUT2D eigenvalue weighted by Crippen LogP contribution is 2.06. The van der Waals surface area contributed by atoms with Gasteiger partial charge in [-0.2, -0.15) is 0 Å². The van der Waals surface area contributed by atoms with Crippen molar-refractivity contribution in [3.05, 3.63) is 11.9 Å². The number of aromatic carboxylic acids is 1. The third-order valence-corrected chi connectivity index (χ3v) is 2.33. The van der Waals surface area contributed by atoms with Crippen molar-refractivity contribution < 1.29 is 9.90 Å². The van der Waals surface area contributed by atoms with E-state index in [4.69, 9.17) is 5.11 Å². The van der Waals surface area contributed by atoms with Gasteiger partial charge in [-0.1, -0.05) is 5.21 Å². The summed E-state index contributed by atoms with van der Waals surface area (Å²) in [5.74, 6) is -1.03. The molecule has 1 aliphatic heterocycles. The topological polar surface area (TPSA) is 80.0 Å². The van der Waals surface area contributed by atoms with Gasteiger partial charge in [-0.25, -0.2) is 4.79 Å². The summed E-state index contributed by atoms with van der Waals surface area (Å²) in [6.45, 7) is 1.73. The van der Waals surface area contributed by atoms with Crippen LogP contribution in [0.3, 0.4) is 0 Å². The number of hydrogen-bond donors (Lipinski definition) is 2. The van der Waals surface area contributed by atoms with E-state index in [1.807, 2.05) is 0 Å². The van der Waals surface area contributed by atoms with Crippen molar-refractivity contribution in [3.63, 3.8) is 0 Å². The monoisotopic (exact) mass is 196 g/mol. The predicted molar refractivity (Wildman–Crippen MR) is 48.0 cm³/mol. The molecule has 2 rings (SSSR count). The number of aromatic nitrogens is 3. The van der Waals surface area contributed by atoms with Gasteiger partial charge in [0.2, 0.25) is 0 Å². The Kier molecular flexibility index (Phi) is 2.45. The second kappa shape index (κ2) is 3.75. The lowest BCUT2D eigenvalue weighted by atomic mass is 10.2. The molecule has 1 fully saturated rings. The summed E-state index contributed by atoms with van der Waals surface area (Å²) in [5.41, 5.74) is 0.00277. The van der Waals surface area contributed by atoms with Crippen LogP contribution in [0.4, 0.5) is 0 Å². The molecular formula is C8H12N4O2. The molecule has 0 unspecified atom stereocenters. The first-order valence-electron chi connectivity index (χ1n) is 4.62. The largest absolute Gasteiger partial charge is 0.476 e. The highest BCUT2D eigenvalue weighted by Gasteiger charge is 2.16. The molecular weight excluding hydrogens is 184 g/mol. The first kappa shape index (κ1) is 9.14. The third-order valence-electron chi connectivity index (χ3n) is 2.33. The van der Waals surface area contributed by atoms with Crippen LogP contribution in [0.2, 0.25) is 0 Å². The second-order valence-electron chi connectivity index (χ2n) is 3.42. The van der Waals surface area contributed by atoms with E-state index in [-0.39, 0.29) is 5.69 Å². The minimum Gasteiger partial charge on any atom is -0.476 e. The molecule has 2 N–H and O–H groups in total. The lowest BCUT2D eigenvalue weighted by molar-refractivity contribution is 0.0690. The van der Waals surface area contributed by atoms with Crippen LogP contribution in [-0.2, 0) is 6.54 Å². The Morgan fingerprint density at radius 2 is 2.64 bits per heavy atom. The van der Waals surface area contributed by atoms with Crippen molar-refractivity contribution in [1.82, 2.24) is 20.3 Å². The van der Waals surface area contributed by atoms with Gasteiger partial charge in [-0.3, -0.25) is 4.68 Å². The highest BCUT2D eigenvalue weighted by molar-refractivity contribution is 5.84. The lowest BCUT2D eigenvalue weighted by Gasteiger charge is -2.08. The summed E-state index contributed by atoms with van der Waals surface area (Å²) < 4.78 is 1.58. The number of carboxylic acids is 1. The Balaban J connectivity index is 1.98. The van der Waals surface area contributed by atoms with Crippen LogP contribution in [0.15, 0.2) is 6.20 Å². The molecule has 0 bridgehead atoms. The molecule has 76 valence electrons. The van der Waals surface area contributed by atoms with Gasteiger partial charge in [0.1, 0.15) is 0 Å². The van der Waals surface area contributed by atoms with Crippen molar-refractivity contribution in [2.24, 2.45) is 0 Å². The minimum atomic E-state index is -1.03. The van der Waals surface area contributed by atoms with E-state index < -0.39 is 5.97 Å². The van der Waals surface area contributed by atoms with Crippen molar-refractivity contribution >= 4 is 5.97 Å². The first-order valence-corrected chi connectivity index (χ1v) is 4.62. The number of rotatable bonds is 3. The molecule has 1 saturated heterocycles. The van der Waals surface area contributed by atoms with Gasteiger partial charge in [0, 0.05) is 6.04 Å². The summed E-state index contributed by atoms with van der Waals surface area (Å²) in [4.78, 5) is 10.5. The summed E-state index contributed by atoms with van der Waals surface area (Å²) in [7, 11) is 0. The van der Waals surface area contributed by atoms with Gasteiger partial charge in [0.05, 0.1) is 12.7 Å². The lowest BCUT2D eigenvalue weighted by Crippen LogP contribution is -2.26. The fourth-order valence-electron chi connectivity index (χ4n) is 1.62. The fourth-order valence-corrected chi connectivity index (χ4v) is 1.62. The van der Waals surface area contributed by atoms with Crippen molar-refractivity contribution in [2.75, 3.05) is 6.54 Å². The maximum absolute atomic E-state index is 10.5. The third kappa shape index (κ3) is 1.90. The molecule has 1 aromatic rings. The standard InChI is InChI=1S/C8H12N4O2/c13-8(14)7-5-12(11-10-7)4-6-2-1-3-9-6/h5-6,9H,1-4H2,(H,13,14)/t6-/m0/s1. The number of hydrogen-bond acceptors (Lipinski definition) is 4. The molecule has 1 aliphatic rings. The van der Waals surface area contributed by atoms with Crippen LogP contribution in [0.1, 0.15) is 23.3 Å². The van der Waals surface area contributed by atoms with E-state index in [0.29, 0.717) is 12.6 Å². The van der Waals surface area contributed by atoms with E-state index in [2.05, 4.69) is 15.6 Å². The normalized spacial score (nSPS) is 21.3. The van der Waals surface area contributed by atoms with Crippen LogP contribution in [0, 0.1) is 0 Å². The molecule has 1 atom stereocenters. The van der Waals surface area contributed by atoms with Crippen LogP contribution < -0.4 is 5.32 Å². The summed E-state index contributed by atoms with van der Waals surface area (Å²) >= 11 is 0. The Bertz CT molecular complexity index is 330. The second-order valence-corrected chi connectivity index (χ2v) is 3.42. The molecule has 0 saturated carbocycles. The van der Waals surface area contributed by atoms with E-state index in [9.17, 15) is 4.79 Å². The zero-order valence-corrected chi connectivity index (χ0v) is 7.68. The fraction of sp³-hybridized carbons (Fsp3) is 0.625. The molecule has 0 aromatic carbocycles. The summed E-state index contributed by atoms with van der Waals surface area (Å²) in [6, 6.07) is 0.401. The van der Waals surface area contributed by atoms with E-state index in [0.717, 1.165) is 13.0 Å². The highest BCUT2D eigenvalue weighted by atomic mass is 16.4. The zero-order valence-electron chi connectivity index (χ0n) is 7.68. The molecule has 0 aliphatic carbocycles.